The highest BCUT2D eigenvalue weighted by atomic mass is 16.1. The fraction of sp³-hybridized carbons (Fsp3) is 0.769. The van der Waals surface area contributed by atoms with Crippen molar-refractivity contribution in [3.8, 4) is 0 Å². The van der Waals surface area contributed by atoms with E-state index in [2.05, 4.69) is 12.2 Å². The Bertz CT molecular complexity index is 365. The largest absolute Gasteiger partial charge is 0.328 e. The normalized spacial score (nSPS) is 11.3. The molecule has 0 saturated carbocycles. The van der Waals surface area contributed by atoms with Gasteiger partial charge in [0.25, 0.3) is 0 Å². The lowest BCUT2D eigenvalue weighted by Crippen LogP contribution is -2.29. The van der Waals surface area contributed by atoms with Crippen LogP contribution in [0.1, 0.15) is 46.1 Å². The van der Waals surface area contributed by atoms with E-state index in [4.69, 9.17) is 0 Å². The van der Waals surface area contributed by atoms with E-state index < -0.39 is 0 Å². The Morgan fingerprint density at radius 3 is 2.59 bits per heavy atom. The molecule has 0 aliphatic carbocycles. The van der Waals surface area contributed by atoms with Gasteiger partial charge in [-0.1, -0.05) is 19.8 Å². The van der Waals surface area contributed by atoms with Crippen molar-refractivity contribution >= 4 is 0 Å². The van der Waals surface area contributed by atoms with E-state index in [1.807, 2.05) is 26.2 Å². The standard InChI is InChI=1S/C13H25N3O/c1-4-5-6-7-14-8-9-15-10-11-16(12(2)3)13(15)17/h10-12,14H,4-9H2,1-3H3. The van der Waals surface area contributed by atoms with Gasteiger partial charge in [-0.3, -0.25) is 9.13 Å². The minimum absolute atomic E-state index is 0.0929. The Kier molecular flexibility index (Phi) is 6.05. The second-order valence-corrected chi connectivity index (χ2v) is 4.73. The van der Waals surface area contributed by atoms with Crippen molar-refractivity contribution < 1.29 is 0 Å². The van der Waals surface area contributed by atoms with Gasteiger partial charge in [0.15, 0.2) is 0 Å². The third-order valence-electron chi connectivity index (χ3n) is 2.92. The van der Waals surface area contributed by atoms with Crippen LogP contribution in [0.5, 0.6) is 0 Å². The van der Waals surface area contributed by atoms with Crippen LogP contribution in [0.25, 0.3) is 0 Å². The molecule has 0 fully saturated rings. The van der Waals surface area contributed by atoms with Crippen LogP contribution in [-0.4, -0.2) is 22.2 Å². The van der Waals surface area contributed by atoms with Gasteiger partial charge in [-0.05, 0) is 26.8 Å². The van der Waals surface area contributed by atoms with Crippen molar-refractivity contribution in [1.29, 1.82) is 0 Å². The topological polar surface area (TPSA) is 39.0 Å². The quantitative estimate of drug-likeness (QED) is 0.705. The first kappa shape index (κ1) is 14.0. The molecule has 0 amide bonds. The summed E-state index contributed by atoms with van der Waals surface area (Å²) in [7, 11) is 0. The molecule has 0 aliphatic heterocycles. The molecule has 17 heavy (non-hydrogen) atoms. The fourth-order valence-electron chi connectivity index (χ4n) is 1.82. The minimum Gasteiger partial charge on any atom is -0.315 e. The SMILES string of the molecule is CCCCCNCCn1ccn(C(C)C)c1=O. The number of imidazole rings is 1. The summed E-state index contributed by atoms with van der Waals surface area (Å²) < 4.78 is 3.53. The first-order valence-corrected chi connectivity index (χ1v) is 6.64. The lowest BCUT2D eigenvalue weighted by molar-refractivity contribution is 0.528. The van der Waals surface area contributed by atoms with E-state index in [0.29, 0.717) is 0 Å². The molecule has 0 spiro atoms. The number of rotatable bonds is 8. The van der Waals surface area contributed by atoms with Crippen molar-refractivity contribution in [2.45, 2.75) is 52.6 Å². The van der Waals surface area contributed by atoms with Crippen LogP contribution >= 0.6 is 0 Å². The summed E-state index contributed by atoms with van der Waals surface area (Å²) in [4.78, 5) is 11.9. The molecule has 0 unspecified atom stereocenters. The van der Waals surface area contributed by atoms with Gasteiger partial charge in [0.2, 0.25) is 0 Å². The number of nitrogens with one attached hydrogen (secondary N) is 1. The number of nitrogens with zero attached hydrogens (tertiary/aromatic N) is 2. The third-order valence-corrected chi connectivity index (χ3v) is 2.92. The molecule has 98 valence electrons. The lowest BCUT2D eigenvalue weighted by atomic mass is 10.2. The molecular formula is C13H25N3O. The molecule has 0 saturated heterocycles. The molecule has 0 atom stereocenters. The molecule has 0 bridgehead atoms. The third kappa shape index (κ3) is 4.38. The molecule has 0 aliphatic rings. The van der Waals surface area contributed by atoms with Crippen LogP contribution < -0.4 is 11.0 Å². The smallest absolute Gasteiger partial charge is 0.315 e. The number of hydrogen-bond acceptors (Lipinski definition) is 2. The highest BCUT2D eigenvalue weighted by Gasteiger charge is 2.04. The number of hydrogen-bond donors (Lipinski definition) is 1. The van der Waals surface area contributed by atoms with Crippen LogP contribution in [0, 0.1) is 0 Å². The van der Waals surface area contributed by atoms with E-state index >= 15 is 0 Å². The predicted octanol–water partition coefficient (Wildman–Crippen LogP) is 2.01. The zero-order valence-corrected chi connectivity index (χ0v) is 11.3. The Morgan fingerprint density at radius 2 is 2.00 bits per heavy atom. The van der Waals surface area contributed by atoms with Crippen LogP contribution in [0.15, 0.2) is 17.2 Å². The lowest BCUT2D eigenvalue weighted by Gasteiger charge is -2.06. The fourth-order valence-corrected chi connectivity index (χ4v) is 1.82. The van der Waals surface area contributed by atoms with Gasteiger partial charge in [-0.2, -0.15) is 0 Å². The predicted molar refractivity (Wildman–Crippen MR) is 71.5 cm³/mol. The summed E-state index contributed by atoms with van der Waals surface area (Å²) in [6.45, 7) is 8.92. The van der Waals surface area contributed by atoms with Gasteiger partial charge in [-0.15, -0.1) is 0 Å². The van der Waals surface area contributed by atoms with Crippen molar-refractivity contribution in [3.63, 3.8) is 0 Å². The maximum absolute atomic E-state index is 11.9. The summed E-state index contributed by atoms with van der Waals surface area (Å²) in [5.41, 5.74) is 0.0929. The van der Waals surface area contributed by atoms with E-state index in [0.717, 1.165) is 19.6 Å². The molecule has 1 aromatic heterocycles. The van der Waals surface area contributed by atoms with E-state index in [9.17, 15) is 4.79 Å². The average Bonchev–Trinajstić information content (AvgIpc) is 2.65. The number of unbranched alkanes of at least 4 members (excludes halogenated alkanes) is 2. The van der Waals surface area contributed by atoms with Gasteiger partial charge < -0.3 is 5.32 Å². The van der Waals surface area contributed by atoms with Gasteiger partial charge >= 0.3 is 5.69 Å². The molecule has 0 aromatic carbocycles. The molecule has 1 N–H and O–H groups in total. The van der Waals surface area contributed by atoms with E-state index in [1.165, 1.54) is 19.3 Å². The highest BCUT2D eigenvalue weighted by Crippen LogP contribution is 1.98. The highest BCUT2D eigenvalue weighted by molar-refractivity contribution is 4.83. The molecule has 1 rings (SSSR count). The summed E-state index contributed by atoms with van der Waals surface area (Å²) in [5.74, 6) is 0. The minimum atomic E-state index is 0.0929. The first-order chi connectivity index (χ1) is 8.16. The van der Waals surface area contributed by atoms with Gasteiger partial charge in [-0.25, -0.2) is 4.79 Å². The Morgan fingerprint density at radius 1 is 1.24 bits per heavy atom. The number of aromatic nitrogens is 2. The Hall–Kier alpha value is -1.03. The molecule has 1 heterocycles. The second kappa shape index (κ2) is 7.33. The van der Waals surface area contributed by atoms with Crippen molar-refractivity contribution in [1.82, 2.24) is 14.5 Å². The van der Waals surface area contributed by atoms with Crippen LogP contribution in [0.2, 0.25) is 0 Å². The molecular weight excluding hydrogens is 214 g/mol. The van der Waals surface area contributed by atoms with Crippen LogP contribution in [0.3, 0.4) is 0 Å². The molecule has 4 heteroatoms. The van der Waals surface area contributed by atoms with Crippen molar-refractivity contribution in [2.75, 3.05) is 13.1 Å². The second-order valence-electron chi connectivity index (χ2n) is 4.73. The molecule has 0 radical (unpaired) electrons. The Labute approximate surface area is 104 Å². The van der Waals surface area contributed by atoms with Crippen molar-refractivity contribution in [3.05, 3.63) is 22.9 Å². The van der Waals surface area contributed by atoms with Crippen LogP contribution in [-0.2, 0) is 6.54 Å². The average molecular weight is 239 g/mol. The Balaban J connectivity index is 2.30. The van der Waals surface area contributed by atoms with E-state index in [-0.39, 0.29) is 11.7 Å². The summed E-state index contributed by atoms with van der Waals surface area (Å²) in [6, 6.07) is 0.237. The maximum Gasteiger partial charge on any atom is 0.328 e. The zero-order chi connectivity index (χ0) is 12.7. The summed E-state index contributed by atoms with van der Waals surface area (Å²) in [5, 5.41) is 3.37. The molecule has 1 aromatic rings. The van der Waals surface area contributed by atoms with Crippen LogP contribution in [0.4, 0.5) is 0 Å². The van der Waals surface area contributed by atoms with Crippen molar-refractivity contribution in [2.24, 2.45) is 0 Å². The maximum atomic E-state index is 11.9. The molecule has 4 nitrogen and oxygen atoms in total. The van der Waals surface area contributed by atoms with E-state index in [1.54, 1.807) is 9.13 Å². The summed E-state index contributed by atoms with van der Waals surface area (Å²) >= 11 is 0. The van der Waals surface area contributed by atoms with Gasteiger partial charge in [0.05, 0.1) is 0 Å². The monoisotopic (exact) mass is 239 g/mol. The zero-order valence-electron chi connectivity index (χ0n) is 11.3. The van der Waals surface area contributed by atoms with Gasteiger partial charge in [0, 0.05) is 31.5 Å². The first-order valence-electron chi connectivity index (χ1n) is 6.64. The van der Waals surface area contributed by atoms with Gasteiger partial charge in [0.1, 0.15) is 0 Å². The summed E-state index contributed by atoms with van der Waals surface area (Å²) in [6.07, 6.45) is 7.48.